The number of aliphatic imine (C=N–C) groups is 1. The maximum Gasteiger partial charge on any atom is 0.143 e. The van der Waals surface area contributed by atoms with Crippen LogP contribution >= 0.6 is 12.2 Å². The van der Waals surface area contributed by atoms with Crippen LogP contribution in [0.2, 0.25) is 0 Å². The van der Waals surface area contributed by atoms with E-state index in [1.54, 1.807) is 0 Å². The Hall–Kier alpha value is -2.34. The topological polar surface area (TPSA) is 12.4 Å². The Morgan fingerprint density at radius 3 is 2.21 bits per heavy atom. The Labute approximate surface area is 170 Å². The minimum absolute atomic E-state index is 0.0913. The fourth-order valence-electron chi connectivity index (χ4n) is 3.96. The molecule has 0 aromatic heterocycles. The molecule has 0 bridgehead atoms. The Morgan fingerprint density at radius 1 is 1.00 bits per heavy atom. The molecule has 28 heavy (non-hydrogen) atoms. The highest BCUT2D eigenvalue weighted by atomic mass is 32.1. The summed E-state index contributed by atoms with van der Waals surface area (Å²) < 4.78 is 28.1. The second-order valence-electron chi connectivity index (χ2n) is 7.37. The normalized spacial score (nSPS) is 18.7. The minimum atomic E-state index is -0.753. The van der Waals surface area contributed by atoms with E-state index >= 15 is 0 Å². The van der Waals surface area contributed by atoms with Gasteiger partial charge in [0.25, 0.3) is 0 Å². The van der Waals surface area contributed by atoms with Crippen molar-refractivity contribution in [2.75, 3.05) is 0 Å². The van der Waals surface area contributed by atoms with Crippen molar-refractivity contribution in [1.29, 1.82) is 0 Å². The van der Waals surface area contributed by atoms with Gasteiger partial charge >= 0.3 is 0 Å². The van der Waals surface area contributed by atoms with Crippen LogP contribution in [0.1, 0.15) is 68.1 Å². The third-order valence-corrected chi connectivity index (χ3v) is 5.55. The van der Waals surface area contributed by atoms with Crippen LogP contribution in [0.15, 0.2) is 41.4 Å². The molecule has 0 amide bonds. The highest BCUT2D eigenvalue weighted by Crippen LogP contribution is 2.37. The molecule has 0 heterocycles. The van der Waals surface area contributed by atoms with Crippen molar-refractivity contribution in [3.63, 3.8) is 0 Å². The molecule has 2 aromatic rings. The quantitative estimate of drug-likeness (QED) is 0.304. The van der Waals surface area contributed by atoms with E-state index in [-0.39, 0.29) is 11.3 Å². The van der Waals surface area contributed by atoms with Crippen LogP contribution in [0.5, 0.6) is 0 Å². The summed E-state index contributed by atoms with van der Waals surface area (Å²) in [6.07, 6.45) is 7.70. The van der Waals surface area contributed by atoms with Gasteiger partial charge in [0.15, 0.2) is 0 Å². The van der Waals surface area contributed by atoms with Gasteiger partial charge in [-0.3, -0.25) is 0 Å². The molecule has 0 spiro atoms. The number of rotatable bonds is 4. The predicted octanol–water partition coefficient (Wildman–Crippen LogP) is 7.17. The zero-order valence-electron chi connectivity index (χ0n) is 16.0. The molecule has 1 nitrogen and oxygen atoms in total. The molecule has 0 radical (unpaired) electrons. The Morgan fingerprint density at radius 2 is 1.64 bits per heavy atom. The average Bonchev–Trinajstić information content (AvgIpc) is 2.69. The van der Waals surface area contributed by atoms with Crippen molar-refractivity contribution in [2.24, 2.45) is 10.9 Å². The van der Waals surface area contributed by atoms with Crippen LogP contribution in [0.3, 0.4) is 0 Å². The van der Waals surface area contributed by atoms with E-state index in [0.29, 0.717) is 5.92 Å². The lowest BCUT2D eigenvalue weighted by molar-refractivity contribution is 0.308. The molecule has 2 aromatic carbocycles. The fourth-order valence-corrected chi connectivity index (χ4v) is 4.07. The zero-order chi connectivity index (χ0) is 19.9. The van der Waals surface area contributed by atoms with Crippen LogP contribution < -0.4 is 0 Å². The van der Waals surface area contributed by atoms with E-state index < -0.39 is 11.6 Å². The zero-order valence-corrected chi connectivity index (χ0v) is 16.8. The van der Waals surface area contributed by atoms with Gasteiger partial charge in [0.05, 0.1) is 16.4 Å². The first-order valence-corrected chi connectivity index (χ1v) is 10.2. The number of hydrogen-bond donors (Lipinski definition) is 0. The summed E-state index contributed by atoms with van der Waals surface area (Å²) >= 11 is 4.45. The van der Waals surface area contributed by atoms with Gasteiger partial charge in [-0.25, -0.2) is 8.78 Å². The number of halogens is 2. The van der Waals surface area contributed by atoms with E-state index in [1.807, 2.05) is 12.1 Å². The minimum Gasteiger partial charge on any atom is -0.205 e. The van der Waals surface area contributed by atoms with Crippen molar-refractivity contribution in [3.05, 3.63) is 64.7 Å². The smallest absolute Gasteiger partial charge is 0.143 e. The van der Waals surface area contributed by atoms with Crippen LogP contribution in [0, 0.1) is 29.4 Å². The molecule has 3 rings (SSSR count). The standard InChI is InChI=1S/C24H23F2NS/c1-2-3-17-4-9-19(10-5-17)20-11-6-18(7-12-20)8-13-22-23(25)14-21(27-16-28)15-24(22)26/h6-7,11-12,14-15,17,19H,2-5,9-10H2,1H3. The maximum absolute atomic E-state index is 14.1. The highest BCUT2D eigenvalue weighted by Gasteiger charge is 2.21. The van der Waals surface area contributed by atoms with Gasteiger partial charge in [-0.15, -0.1) is 0 Å². The Kier molecular flexibility index (Phi) is 7.09. The number of hydrogen-bond acceptors (Lipinski definition) is 2. The summed E-state index contributed by atoms with van der Waals surface area (Å²) in [4.78, 5) is 3.59. The first-order chi connectivity index (χ1) is 13.6. The van der Waals surface area contributed by atoms with Crippen molar-refractivity contribution < 1.29 is 8.78 Å². The van der Waals surface area contributed by atoms with Gasteiger partial charge in [0.2, 0.25) is 0 Å². The average molecular weight is 396 g/mol. The Balaban J connectivity index is 1.70. The largest absolute Gasteiger partial charge is 0.205 e. The summed E-state index contributed by atoms with van der Waals surface area (Å²) in [6, 6.07) is 10.3. The molecule has 0 aliphatic heterocycles. The predicted molar refractivity (Wildman–Crippen MR) is 113 cm³/mol. The molecule has 0 atom stereocenters. The van der Waals surface area contributed by atoms with Gasteiger partial charge in [-0.1, -0.05) is 43.7 Å². The number of benzene rings is 2. The van der Waals surface area contributed by atoms with Gasteiger partial charge in [-0.2, -0.15) is 4.99 Å². The lowest BCUT2D eigenvalue weighted by Gasteiger charge is -2.28. The highest BCUT2D eigenvalue weighted by molar-refractivity contribution is 7.78. The third kappa shape index (κ3) is 5.13. The summed E-state index contributed by atoms with van der Waals surface area (Å²) in [7, 11) is 0. The van der Waals surface area contributed by atoms with E-state index in [0.717, 1.165) is 23.6 Å². The third-order valence-electron chi connectivity index (χ3n) is 5.46. The molecule has 1 saturated carbocycles. The number of nitrogens with zero attached hydrogens (tertiary/aromatic N) is 1. The van der Waals surface area contributed by atoms with Crippen LogP contribution in [0.25, 0.3) is 0 Å². The van der Waals surface area contributed by atoms with Gasteiger partial charge in [-0.05, 0) is 67.4 Å². The van der Waals surface area contributed by atoms with E-state index in [2.05, 4.69) is 53.3 Å². The number of thiocarbonyl (C=S) groups is 1. The molecular weight excluding hydrogens is 372 g/mol. The molecule has 0 unspecified atom stereocenters. The number of isothiocyanates is 1. The molecular formula is C24H23F2NS. The van der Waals surface area contributed by atoms with Crippen LogP contribution in [0.4, 0.5) is 14.5 Å². The van der Waals surface area contributed by atoms with Crippen molar-refractivity contribution in [2.45, 2.75) is 51.4 Å². The maximum atomic E-state index is 14.1. The van der Waals surface area contributed by atoms with E-state index in [1.165, 1.54) is 44.1 Å². The monoisotopic (exact) mass is 395 g/mol. The van der Waals surface area contributed by atoms with E-state index in [4.69, 9.17) is 0 Å². The second kappa shape index (κ2) is 9.73. The van der Waals surface area contributed by atoms with Gasteiger partial charge < -0.3 is 0 Å². The molecule has 0 N–H and O–H groups in total. The summed E-state index contributed by atoms with van der Waals surface area (Å²) in [5.41, 5.74) is 1.90. The molecule has 1 fully saturated rings. The second-order valence-corrected chi connectivity index (χ2v) is 7.55. The van der Waals surface area contributed by atoms with Crippen LogP contribution in [-0.2, 0) is 0 Å². The lowest BCUT2D eigenvalue weighted by atomic mass is 9.77. The lowest BCUT2D eigenvalue weighted by Crippen LogP contribution is -2.13. The molecule has 0 saturated heterocycles. The first kappa shape index (κ1) is 20.4. The van der Waals surface area contributed by atoms with Gasteiger partial charge in [0.1, 0.15) is 11.6 Å². The summed E-state index contributed by atoms with van der Waals surface area (Å²) in [5, 5.41) is 2.10. The van der Waals surface area contributed by atoms with Crippen molar-refractivity contribution in [1.82, 2.24) is 0 Å². The molecule has 1 aliphatic carbocycles. The van der Waals surface area contributed by atoms with E-state index in [9.17, 15) is 8.78 Å². The summed E-state index contributed by atoms with van der Waals surface area (Å²) in [5.74, 6) is 5.44. The molecule has 4 heteroatoms. The summed E-state index contributed by atoms with van der Waals surface area (Å²) in [6.45, 7) is 2.26. The van der Waals surface area contributed by atoms with Gasteiger partial charge in [0, 0.05) is 17.7 Å². The van der Waals surface area contributed by atoms with Crippen molar-refractivity contribution in [3.8, 4) is 11.8 Å². The molecule has 144 valence electrons. The Bertz CT molecular complexity index is 902. The molecule has 1 aliphatic rings. The SMILES string of the molecule is CCCC1CCC(c2ccc(C#Cc3c(F)cc(N=C=S)cc3F)cc2)CC1. The van der Waals surface area contributed by atoms with Crippen LogP contribution in [-0.4, -0.2) is 5.16 Å². The first-order valence-electron chi connectivity index (χ1n) is 9.79. The fraction of sp³-hybridized carbons (Fsp3) is 0.375. The van der Waals surface area contributed by atoms with Crippen molar-refractivity contribution >= 4 is 23.1 Å².